The standard InChI is InChI=1S/C32H52N4O5S/c1-7-12-34(13-8-2)28(38)25-26-29(39)36(24(22-37)21-23(4)5)27(32(26)11-10-31(25,6)42-32)30(40)35(14-9-3)16-15-33-17-19-41-20-18-33/h7,9,23-27,37H,1,3,8,10-22H2,2,4-6H3/t24-,25+,26+,27?,31-,32?/m1/s1. The van der Waals surface area contributed by atoms with Gasteiger partial charge in [0.2, 0.25) is 17.7 Å². The van der Waals surface area contributed by atoms with E-state index in [1.54, 1.807) is 28.8 Å². The molecule has 4 fully saturated rings. The van der Waals surface area contributed by atoms with Gasteiger partial charge >= 0.3 is 0 Å². The van der Waals surface area contributed by atoms with Crippen molar-refractivity contribution in [1.82, 2.24) is 19.6 Å². The molecule has 0 aromatic carbocycles. The summed E-state index contributed by atoms with van der Waals surface area (Å²) in [6, 6.07) is -1.22. The average Bonchev–Trinajstić information content (AvgIpc) is 3.54. The van der Waals surface area contributed by atoms with Crippen LogP contribution < -0.4 is 0 Å². The third-order valence-electron chi connectivity index (χ3n) is 9.67. The average molecular weight is 605 g/mol. The summed E-state index contributed by atoms with van der Waals surface area (Å²) in [4.78, 5) is 51.3. The zero-order valence-corrected chi connectivity index (χ0v) is 26.9. The fourth-order valence-corrected chi connectivity index (χ4v) is 10.2. The van der Waals surface area contributed by atoms with Gasteiger partial charge in [-0.15, -0.1) is 24.9 Å². The molecular formula is C32H52N4O5S. The van der Waals surface area contributed by atoms with Crippen LogP contribution in [0.5, 0.6) is 0 Å². The number of aliphatic hydroxyl groups is 1. The van der Waals surface area contributed by atoms with Gasteiger partial charge in [-0.2, -0.15) is 0 Å². The number of aliphatic hydroxyl groups excluding tert-OH is 1. The summed E-state index contributed by atoms with van der Waals surface area (Å²) in [5.74, 6) is -1.15. The lowest BCUT2D eigenvalue weighted by molar-refractivity contribution is -0.148. The number of nitrogens with zero attached hydrogens (tertiary/aromatic N) is 4. The Bertz CT molecular complexity index is 1020. The maximum atomic E-state index is 14.8. The summed E-state index contributed by atoms with van der Waals surface area (Å²) in [5.41, 5.74) is 0. The lowest BCUT2D eigenvalue weighted by Crippen LogP contribution is -2.58. The van der Waals surface area contributed by atoms with Crippen LogP contribution in [-0.4, -0.2) is 130 Å². The Morgan fingerprint density at radius 2 is 1.76 bits per heavy atom. The van der Waals surface area contributed by atoms with Gasteiger partial charge in [-0.25, -0.2) is 0 Å². The number of ether oxygens (including phenoxy) is 1. The molecule has 0 saturated carbocycles. The topological polar surface area (TPSA) is 93.6 Å². The first-order valence-corrected chi connectivity index (χ1v) is 16.6. The van der Waals surface area contributed by atoms with Gasteiger partial charge in [0, 0.05) is 50.6 Å². The van der Waals surface area contributed by atoms with Gasteiger partial charge in [0.25, 0.3) is 0 Å². The molecular weight excluding hydrogens is 552 g/mol. The van der Waals surface area contributed by atoms with E-state index < -0.39 is 33.4 Å². The number of thioether (sulfide) groups is 1. The first-order valence-electron chi connectivity index (χ1n) is 15.8. The van der Waals surface area contributed by atoms with Crippen LogP contribution in [0.4, 0.5) is 0 Å². The Labute approximate surface area is 256 Å². The number of carbonyl (C=O) groups is 3. The predicted molar refractivity (Wildman–Crippen MR) is 167 cm³/mol. The molecule has 4 rings (SSSR count). The number of likely N-dealkylation sites (tertiary alicyclic amines) is 1. The second-order valence-corrected chi connectivity index (χ2v) is 14.9. The number of hydrogen-bond donors (Lipinski definition) is 1. The highest BCUT2D eigenvalue weighted by atomic mass is 32.2. The van der Waals surface area contributed by atoms with Crippen molar-refractivity contribution in [3.8, 4) is 0 Å². The summed E-state index contributed by atoms with van der Waals surface area (Å²) < 4.78 is 4.36. The van der Waals surface area contributed by atoms with Crippen molar-refractivity contribution in [2.24, 2.45) is 17.8 Å². The Morgan fingerprint density at radius 1 is 1.12 bits per heavy atom. The molecule has 0 aliphatic carbocycles. The molecule has 0 radical (unpaired) electrons. The molecule has 2 bridgehead atoms. The molecule has 0 aromatic heterocycles. The van der Waals surface area contributed by atoms with E-state index in [1.807, 2.05) is 16.7 Å². The normalized spacial score (nSPS) is 31.3. The fourth-order valence-electron chi connectivity index (χ4n) is 7.85. The lowest BCUT2D eigenvalue weighted by Gasteiger charge is -2.40. The molecule has 10 heteroatoms. The van der Waals surface area contributed by atoms with Gasteiger partial charge in [-0.3, -0.25) is 19.3 Å². The molecule has 4 aliphatic rings. The third kappa shape index (κ3) is 6.06. The van der Waals surface area contributed by atoms with Crippen molar-refractivity contribution in [3.05, 3.63) is 25.3 Å². The summed E-state index contributed by atoms with van der Waals surface area (Å²) in [5, 5.41) is 10.6. The van der Waals surface area contributed by atoms with Crippen LogP contribution in [0.1, 0.15) is 53.4 Å². The molecule has 236 valence electrons. The Morgan fingerprint density at radius 3 is 2.33 bits per heavy atom. The van der Waals surface area contributed by atoms with Gasteiger partial charge < -0.3 is 24.5 Å². The van der Waals surface area contributed by atoms with Crippen LogP contribution >= 0.6 is 11.8 Å². The van der Waals surface area contributed by atoms with Crippen LogP contribution in [-0.2, 0) is 19.1 Å². The highest BCUT2D eigenvalue weighted by molar-refractivity contribution is 8.02. The van der Waals surface area contributed by atoms with Crippen LogP contribution in [0.25, 0.3) is 0 Å². The van der Waals surface area contributed by atoms with Crippen LogP contribution in [0.3, 0.4) is 0 Å². The quantitative estimate of drug-likeness (QED) is 0.287. The van der Waals surface area contributed by atoms with Crippen LogP contribution in [0.2, 0.25) is 0 Å². The lowest BCUT2D eigenvalue weighted by atomic mass is 9.66. The van der Waals surface area contributed by atoms with E-state index in [0.29, 0.717) is 52.2 Å². The van der Waals surface area contributed by atoms with Crippen molar-refractivity contribution in [1.29, 1.82) is 0 Å². The molecule has 1 spiro atoms. The Balaban J connectivity index is 1.74. The van der Waals surface area contributed by atoms with E-state index in [9.17, 15) is 19.5 Å². The number of fused-ring (bicyclic) bond motifs is 1. The first kappa shape index (κ1) is 33.0. The third-order valence-corrected chi connectivity index (χ3v) is 11.7. The van der Waals surface area contributed by atoms with Crippen molar-refractivity contribution in [2.45, 2.75) is 75.0 Å². The number of carbonyl (C=O) groups excluding carboxylic acids is 3. The van der Waals surface area contributed by atoms with Crippen LogP contribution in [0.15, 0.2) is 25.3 Å². The maximum Gasteiger partial charge on any atom is 0.247 e. The van der Waals surface area contributed by atoms with Gasteiger partial charge in [0.15, 0.2) is 0 Å². The van der Waals surface area contributed by atoms with E-state index in [2.05, 4.69) is 38.8 Å². The molecule has 0 aromatic rings. The molecule has 3 amide bonds. The minimum atomic E-state index is -0.737. The number of morpholine rings is 1. The highest BCUT2D eigenvalue weighted by Crippen LogP contribution is 2.72. The van der Waals surface area contributed by atoms with E-state index in [-0.39, 0.29) is 30.2 Å². The second kappa shape index (κ2) is 13.8. The first-order chi connectivity index (χ1) is 20.1. The second-order valence-electron chi connectivity index (χ2n) is 13.0. The van der Waals surface area contributed by atoms with E-state index in [0.717, 1.165) is 32.5 Å². The summed E-state index contributed by atoms with van der Waals surface area (Å²) in [6.45, 7) is 21.5. The molecule has 4 heterocycles. The molecule has 9 nitrogen and oxygen atoms in total. The minimum Gasteiger partial charge on any atom is -0.394 e. The van der Waals surface area contributed by atoms with Gasteiger partial charge in [-0.05, 0) is 38.5 Å². The van der Waals surface area contributed by atoms with Gasteiger partial charge in [0.1, 0.15) is 6.04 Å². The van der Waals surface area contributed by atoms with E-state index in [1.165, 1.54) is 0 Å². The molecule has 42 heavy (non-hydrogen) atoms. The maximum absolute atomic E-state index is 14.8. The SMILES string of the molecule is C=CCN(CCN1CCOCC1)C(=O)C1N([C@@H](CO)CC(C)C)C(=O)[C@@H]2[C@@H](C(=O)N(CC=C)CCC)[C@@]3(C)CCC12S3. The number of rotatable bonds is 15. The molecule has 4 saturated heterocycles. The van der Waals surface area contributed by atoms with Crippen molar-refractivity contribution in [2.75, 3.05) is 65.6 Å². The zero-order valence-electron chi connectivity index (χ0n) is 26.1. The molecule has 1 N–H and O–H groups in total. The van der Waals surface area contributed by atoms with Crippen molar-refractivity contribution >= 4 is 29.5 Å². The molecule has 4 aliphatic heterocycles. The Kier molecular flexibility index (Phi) is 10.9. The summed E-state index contributed by atoms with van der Waals surface area (Å²) >= 11 is 1.70. The minimum absolute atomic E-state index is 0.0144. The van der Waals surface area contributed by atoms with Crippen molar-refractivity contribution in [3.63, 3.8) is 0 Å². The number of amides is 3. The summed E-state index contributed by atoms with van der Waals surface area (Å²) in [6.07, 6.45) is 6.36. The zero-order chi connectivity index (χ0) is 30.7. The monoisotopic (exact) mass is 604 g/mol. The van der Waals surface area contributed by atoms with Crippen molar-refractivity contribution < 1.29 is 24.2 Å². The smallest absolute Gasteiger partial charge is 0.247 e. The largest absolute Gasteiger partial charge is 0.394 e. The van der Waals surface area contributed by atoms with Gasteiger partial charge in [0.05, 0.1) is 42.4 Å². The fraction of sp³-hybridized carbons (Fsp3) is 0.781. The van der Waals surface area contributed by atoms with Gasteiger partial charge in [-0.1, -0.05) is 32.9 Å². The summed E-state index contributed by atoms with van der Waals surface area (Å²) in [7, 11) is 0. The highest BCUT2D eigenvalue weighted by Gasteiger charge is 2.78. The van der Waals surface area contributed by atoms with Crippen LogP contribution in [0, 0.1) is 17.8 Å². The number of hydrogen-bond acceptors (Lipinski definition) is 7. The predicted octanol–water partition coefficient (Wildman–Crippen LogP) is 2.65. The van der Waals surface area contributed by atoms with E-state index >= 15 is 0 Å². The molecule has 6 atom stereocenters. The van der Waals surface area contributed by atoms with E-state index in [4.69, 9.17) is 4.74 Å². The Hall–Kier alpha value is -1.88. The molecule has 2 unspecified atom stereocenters.